The molecule has 24 heavy (non-hydrogen) atoms. The predicted octanol–water partition coefficient (Wildman–Crippen LogP) is 4.87. The molecule has 0 bridgehead atoms. The normalized spacial score (nSPS) is 16.3. The number of hydrogen-bond acceptors (Lipinski definition) is 4. The highest BCUT2D eigenvalue weighted by atomic mass is 35.5. The third-order valence-electron chi connectivity index (χ3n) is 3.72. The highest BCUT2D eigenvalue weighted by Crippen LogP contribution is 2.37. The summed E-state index contributed by atoms with van der Waals surface area (Å²) < 4.78 is 0. The van der Waals surface area contributed by atoms with Crippen LogP contribution >= 0.6 is 35.0 Å². The summed E-state index contributed by atoms with van der Waals surface area (Å²) in [6, 6.07) is 9.19. The van der Waals surface area contributed by atoms with Gasteiger partial charge in [-0.25, -0.2) is 0 Å². The Hall–Kier alpha value is -1.76. The molecular formula is C16H12Cl2N2O3S. The van der Waals surface area contributed by atoms with Crippen LogP contribution in [0.25, 0.3) is 0 Å². The summed E-state index contributed by atoms with van der Waals surface area (Å²) >= 11 is 13.8. The minimum atomic E-state index is -0.556. The van der Waals surface area contributed by atoms with Crippen molar-refractivity contribution in [1.29, 1.82) is 0 Å². The van der Waals surface area contributed by atoms with Gasteiger partial charge in [0.25, 0.3) is 11.6 Å². The lowest BCUT2D eigenvalue weighted by Gasteiger charge is -2.26. The first-order chi connectivity index (χ1) is 11.5. The van der Waals surface area contributed by atoms with E-state index >= 15 is 0 Å². The van der Waals surface area contributed by atoms with E-state index in [2.05, 4.69) is 5.32 Å². The van der Waals surface area contributed by atoms with Crippen molar-refractivity contribution in [3.05, 3.63) is 67.7 Å². The molecule has 124 valence electrons. The first-order valence-corrected chi connectivity index (χ1v) is 8.87. The van der Waals surface area contributed by atoms with Crippen molar-refractivity contribution in [2.24, 2.45) is 0 Å². The van der Waals surface area contributed by atoms with Crippen molar-refractivity contribution in [1.82, 2.24) is 5.32 Å². The minimum absolute atomic E-state index is 0.0904. The first-order valence-electron chi connectivity index (χ1n) is 7.13. The third-order valence-corrected chi connectivity index (χ3v) is 5.41. The molecule has 0 fully saturated rings. The highest BCUT2D eigenvalue weighted by molar-refractivity contribution is 7.99. The fraction of sp³-hybridized carbons (Fsp3) is 0.188. The average molecular weight is 383 g/mol. The summed E-state index contributed by atoms with van der Waals surface area (Å²) in [5.41, 5.74) is 0.869. The summed E-state index contributed by atoms with van der Waals surface area (Å²) in [4.78, 5) is 24.0. The fourth-order valence-electron chi connectivity index (χ4n) is 2.55. The van der Waals surface area contributed by atoms with Gasteiger partial charge >= 0.3 is 0 Å². The second-order valence-corrected chi connectivity index (χ2v) is 7.25. The molecule has 1 N–H and O–H groups in total. The van der Waals surface area contributed by atoms with Gasteiger partial charge in [0.05, 0.1) is 21.6 Å². The van der Waals surface area contributed by atoms with Gasteiger partial charge in [-0.2, -0.15) is 0 Å². The molecule has 5 nitrogen and oxygen atoms in total. The van der Waals surface area contributed by atoms with Crippen LogP contribution < -0.4 is 5.32 Å². The Morgan fingerprint density at radius 1 is 1.25 bits per heavy atom. The largest absolute Gasteiger partial charge is 0.345 e. The van der Waals surface area contributed by atoms with E-state index in [1.165, 1.54) is 18.2 Å². The van der Waals surface area contributed by atoms with Crippen LogP contribution in [0.3, 0.4) is 0 Å². The lowest BCUT2D eigenvalue weighted by Crippen LogP contribution is -2.30. The molecule has 1 aliphatic heterocycles. The quantitative estimate of drug-likeness (QED) is 0.606. The lowest BCUT2D eigenvalue weighted by atomic mass is 10.0. The summed E-state index contributed by atoms with van der Waals surface area (Å²) in [6.07, 6.45) is 0.746. The van der Waals surface area contributed by atoms with Crippen LogP contribution in [-0.2, 0) is 0 Å². The second kappa shape index (κ2) is 7.01. The average Bonchev–Trinajstić information content (AvgIpc) is 2.55. The molecular weight excluding hydrogens is 371 g/mol. The minimum Gasteiger partial charge on any atom is -0.345 e. The zero-order chi connectivity index (χ0) is 17.3. The van der Waals surface area contributed by atoms with Gasteiger partial charge < -0.3 is 5.32 Å². The molecule has 1 aliphatic rings. The maximum atomic E-state index is 12.5. The lowest BCUT2D eigenvalue weighted by molar-refractivity contribution is -0.384. The number of rotatable bonds is 3. The number of nitro benzene ring substituents is 1. The molecule has 0 aromatic heterocycles. The van der Waals surface area contributed by atoms with E-state index in [4.69, 9.17) is 23.2 Å². The molecule has 8 heteroatoms. The van der Waals surface area contributed by atoms with Gasteiger partial charge in [0, 0.05) is 27.8 Å². The Morgan fingerprint density at radius 2 is 2.04 bits per heavy atom. The molecule has 0 saturated carbocycles. The molecule has 0 aliphatic carbocycles. The number of nitro groups is 1. The number of non-ortho nitro benzene ring substituents is 1. The summed E-state index contributed by atoms with van der Waals surface area (Å²) in [5, 5.41) is 14.6. The fourth-order valence-corrected chi connectivity index (χ4v) is 4.04. The highest BCUT2D eigenvalue weighted by Gasteiger charge is 2.24. The zero-order valence-corrected chi connectivity index (χ0v) is 14.6. The number of nitrogens with zero attached hydrogens (tertiary/aromatic N) is 1. The number of carbonyl (C=O) groups is 1. The Bertz CT molecular complexity index is 829. The Labute approximate surface area is 152 Å². The van der Waals surface area contributed by atoms with Crippen LogP contribution in [0, 0.1) is 10.1 Å². The van der Waals surface area contributed by atoms with E-state index in [1.807, 2.05) is 18.2 Å². The van der Waals surface area contributed by atoms with Crippen LogP contribution in [0.1, 0.15) is 28.4 Å². The predicted molar refractivity (Wildman–Crippen MR) is 95.1 cm³/mol. The van der Waals surface area contributed by atoms with Crippen LogP contribution in [0.15, 0.2) is 41.3 Å². The Morgan fingerprint density at radius 3 is 2.79 bits per heavy atom. The molecule has 1 atom stereocenters. The van der Waals surface area contributed by atoms with E-state index < -0.39 is 10.8 Å². The summed E-state index contributed by atoms with van der Waals surface area (Å²) in [7, 11) is 0. The molecule has 1 heterocycles. The van der Waals surface area contributed by atoms with E-state index in [0.717, 1.165) is 22.6 Å². The maximum Gasteiger partial charge on any atom is 0.270 e. The number of halogens is 2. The first kappa shape index (κ1) is 17.1. The molecule has 3 rings (SSSR count). The molecule has 0 radical (unpaired) electrons. The molecule has 1 unspecified atom stereocenters. The third kappa shape index (κ3) is 3.50. The molecule has 1 amide bonds. The van der Waals surface area contributed by atoms with Crippen LogP contribution in [0.5, 0.6) is 0 Å². The van der Waals surface area contributed by atoms with E-state index in [9.17, 15) is 14.9 Å². The van der Waals surface area contributed by atoms with Gasteiger partial charge in [0.2, 0.25) is 0 Å². The number of carbonyl (C=O) groups excluding carboxylic acids is 1. The van der Waals surface area contributed by atoms with E-state index in [1.54, 1.807) is 11.8 Å². The van der Waals surface area contributed by atoms with Crippen LogP contribution in [0.2, 0.25) is 10.0 Å². The van der Waals surface area contributed by atoms with Crippen molar-refractivity contribution in [3.8, 4) is 0 Å². The number of amides is 1. The van der Waals surface area contributed by atoms with Crippen molar-refractivity contribution < 1.29 is 9.72 Å². The summed E-state index contributed by atoms with van der Waals surface area (Å²) in [5.74, 6) is 0.425. The molecule has 2 aromatic carbocycles. The van der Waals surface area contributed by atoms with Gasteiger partial charge in [-0.1, -0.05) is 23.2 Å². The number of nitrogens with one attached hydrogen (secondary N) is 1. The topological polar surface area (TPSA) is 72.2 Å². The van der Waals surface area contributed by atoms with Gasteiger partial charge in [-0.3, -0.25) is 14.9 Å². The van der Waals surface area contributed by atoms with E-state index in [-0.39, 0.29) is 22.3 Å². The standard InChI is InChI=1S/C16H12Cl2N2O3S/c17-9-1-4-15-12(7-9)14(5-6-24-15)19-16(21)11-8-10(20(22)23)2-3-13(11)18/h1-4,7-8,14H,5-6H2,(H,19,21). The molecule has 2 aromatic rings. The second-order valence-electron chi connectivity index (χ2n) is 5.27. The van der Waals surface area contributed by atoms with Gasteiger partial charge in [0.1, 0.15) is 0 Å². The van der Waals surface area contributed by atoms with E-state index in [0.29, 0.717) is 5.02 Å². The Balaban J connectivity index is 1.88. The van der Waals surface area contributed by atoms with Gasteiger partial charge in [-0.15, -0.1) is 11.8 Å². The van der Waals surface area contributed by atoms with Crippen molar-refractivity contribution in [3.63, 3.8) is 0 Å². The maximum absolute atomic E-state index is 12.5. The van der Waals surface area contributed by atoms with Gasteiger partial charge in [-0.05, 0) is 36.2 Å². The SMILES string of the molecule is O=C(NC1CCSc2ccc(Cl)cc21)c1cc([N+](=O)[O-])ccc1Cl. The molecule has 0 saturated heterocycles. The number of fused-ring (bicyclic) bond motifs is 1. The summed E-state index contributed by atoms with van der Waals surface area (Å²) in [6.45, 7) is 0. The number of hydrogen-bond donors (Lipinski definition) is 1. The number of benzene rings is 2. The van der Waals surface area contributed by atoms with Crippen molar-refractivity contribution in [2.45, 2.75) is 17.4 Å². The van der Waals surface area contributed by atoms with Crippen LogP contribution in [-0.4, -0.2) is 16.6 Å². The Kier molecular flexibility index (Phi) is 4.99. The van der Waals surface area contributed by atoms with Gasteiger partial charge in [0.15, 0.2) is 0 Å². The van der Waals surface area contributed by atoms with Crippen molar-refractivity contribution >= 4 is 46.6 Å². The zero-order valence-electron chi connectivity index (χ0n) is 12.3. The molecule has 0 spiro atoms. The van der Waals surface area contributed by atoms with Crippen LogP contribution in [0.4, 0.5) is 5.69 Å². The smallest absolute Gasteiger partial charge is 0.270 e. The van der Waals surface area contributed by atoms with Crippen molar-refractivity contribution in [2.75, 3.05) is 5.75 Å². The monoisotopic (exact) mass is 382 g/mol. The number of thioether (sulfide) groups is 1.